The first-order valence-corrected chi connectivity index (χ1v) is 6.91. The van der Waals surface area contributed by atoms with Gasteiger partial charge in [-0.15, -0.1) is 0 Å². The number of ether oxygens (including phenoxy) is 1. The highest BCUT2D eigenvalue weighted by molar-refractivity contribution is 4.91. The summed E-state index contributed by atoms with van der Waals surface area (Å²) < 4.78 is 7.51. The van der Waals surface area contributed by atoms with Gasteiger partial charge in [-0.2, -0.15) is 5.10 Å². The van der Waals surface area contributed by atoms with E-state index in [1.54, 1.807) is 6.33 Å². The molecule has 0 aliphatic carbocycles. The number of rotatable bonds is 5. The summed E-state index contributed by atoms with van der Waals surface area (Å²) >= 11 is 0. The molecule has 1 fully saturated rings. The van der Waals surface area contributed by atoms with Crippen LogP contribution in [0, 0.1) is 5.92 Å². The number of aliphatic hydroxyl groups excluding tert-OH is 1. The van der Waals surface area contributed by atoms with Crippen molar-refractivity contribution in [2.75, 3.05) is 26.7 Å². The summed E-state index contributed by atoms with van der Waals surface area (Å²) in [6.45, 7) is 7.47. The van der Waals surface area contributed by atoms with Crippen LogP contribution >= 0.6 is 0 Å². The fourth-order valence-corrected chi connectivity index (χ4v) is 2.31. The highest BCUT2D eigenvalue weighted by Crippen LogP contribution is 2.12. The third kappa shape index (κ3) is 3.99. The van der Waals surface area contributed by atoms with Gasteiger partial charge in [0, 0.05) is 26.1 Å². The molecule has 108 valence electrons. The fraction of sp³-hybridized carbons (Fsp3) is 0.846. The van der Waals surface area contributed by atoms with Crippen molar-refractivity contribution in [2.45, 2.75) is 39.0 Å². The Balaban J connectivity index is 1.94. The third-order valence-electron chi connectivity index (χ3n) is 3.35. The molecule has 1 saturated heterocycles. The third-order valence-corrected chi connectivity index (χ3v) is 3.35. The van der Waals surface area contributed by atoms with E-state index < -0.39 is 6.10 Å². The van der Waals surface area contributed by atoms with Gasteiger partial charge in [-0.1, -0.05) is 13.8 Å². The van der Waals surface area contributed by atoms with E-state index in [0.29, 0.717) is 18.9 Å². The first kappa shape index (κ1) is 14.4. The van der Waals surface area contributed by atoms with E-state index in [0.717, 1.165) is 25.5 Å². The monoisotopic (exact) mass is 268 g/mol. The lowest BCUT2D eigenvalue weighted by Gasteiger charge is -2.32. The zero-order valence-corrected chi connectivity index (χ0v) is 12.0. The summed E-state index contributed by atoms with van der Waals surface area (Å²) in [5.41, 5.74) is 0. The molecule has 2 atom stereocenters. The summed E-state index contributed by atoms with van der Waals surface area (Å²) in [6, 6.07) is 0. The zero-order valence-electron chi connectivity index (χ0n) is 12.0. The minimum absolute atomic E-state index is 0.136. The van der Waals surface area contributed by atoms with Crippen molar-refractivity contribution < 1.29 is 9.84 Å². The number of hydrogen-bond donors (Lipinski definition) is 1. The summed E-state index contributed by atoms with van der Waals surface area (Å²) in [7, 11) is 2.05. The average Bonchev–Trinajstić information content (AvgIpc) is 2.75. The number of likely N-dealkylation sites (N-methyl/N-ethyl adjacent to an activating group) is 1. The molecule has 0 saturated carbocycles. The summed E-state index contributed by atoms with van der Waals surface area (Å²) in [5, 5.41) is 14.5. The van der Waals surface area contributed by atoms with Gasteiger partial charge in [-0.25, -0.2) is 9.67 Å². The second kappa shape index (κ2) is 6.45. The van der Waals surface area contributed by atoms with E-state index in [1.165, 1.54) is 0 Å². The Morgan fingerprint density at radius 3 is 3.00 bits per heavy atom. The van der Waals surface area contributed by atoms with Gasteiger partial charge in [0.15, 0.2) is 0 Å². The molecular formula is C13H24N4O2. The lowest BCUT2D eigenvalue weighted by molar-refractivity contribution is -0.0830. The minimum atomic E-state index is -0.530. The number of nitrogens with zero attached hydrogens (tertiary/aromatic N) is 4. The largest absolute Gasteiger partial charge is 0.390 e. The molecule has 2 unspecified atom stereocenters. The van der Waals surface area contributed by atoms with Crippen LogP contribution < -0.4 is 0 Å². The van der Waals surface area contributed by atoms with Gasteiger partial charge in [0.1, 0.15) is 12.2 Å². The van der Waals surface area contributed by atoms with Gasteiger partial charge in [0.05, 0.1) is 18.8 Å². The van der Waals surface area contributed by atoms with Crippen LogP contribution in [0.15, 0.2) is 6.33 Å². The number of aliphatic hydroxyl groups is 1. The number of aromatic nitrogens is 3. The molecule has 0 spiro atoms. The highest BCUT2D eigenvalue weighted by atomic mass is 16.5. The van der Waals surface area contributed by atoms with Crippen LogP contribution in [0.5, 0.6) is 0 Å². The van der Waals surface area contributed by atoms with Crippen LogP contribution in [0.4, 0.5) is 0 Å². The van der Waals surface area contributed by atoms with Gasteiger partial charge in [-0.3, -0.25) is 0 Å². The molecule has 1 aromatic rings. The molecule has 1 aromatic heterocycles. The maximum Gasteiger partial charge on any atom is 0.138 e. The Morgan fingerprint density at radius 2 is 2.32 bits per heavy atom. The fourth-order valence-electron chi connectivity index (χ4n) is 2.31. The van der Waals surface area contributed by atoms with Crippen molar-refractivity contribution in [3.05, 3.63) is 12.2 Å². The molecule has 6 nitrogen and oxygen atoms in total. The Kier molecular flexibility index (Phi) is 4.90. The van der Waals surface area contributed by atoms with E-state index in [9.17, 15) is 5.11 Å². The van der Waals surface area contributed by atoms with Crippen LogP contribution in [-0.2, 0) is 17.7 Å². The van der Waals surface area contributed by atoms with Crippen molar-refractivity contribution >= 4 is 0 Å². The number of hydrogen-bond acceptors (Lipinski definition) is 5. The van der Waals surface area contributed by atoms with Crippen molar-refractivity contribution in [3.8, 4) is 0 Å². The molecule has 6 heteroatoms. The highest BCUT2D eigenvalue weighted by Gasteiger charge is 2.26. The second-order valence-corrected chi connectivity index (χ2v) is 5.70. The summed E-state index contributed by atoms with van der Waals surface area (Å²) in [4.78, 5) is 6.42. The van der Waals surface area contributed by atoms with Gasteiger partial charge < -0.3 is 14.7 Å². The van der Waals surface area contributed by atoms with Crippen molar-refractivity contribution in [3.63, 3.8) is 0 Å². The lowest BCUT2D eigenvalue weighted by Crippen LogP contribution is -2.46. The van der Waals surface area contributed by atoms with Crippen molar-refractivity contribution in [1.82, 2.24) is 19.7 Å². The maximum absolute atomic E-state index is 10.3. The Bertz CT molecular complexity index is 394. The predicted octanol–water partition coefficient (Wildman–Crippen LogP) is 0.168. The molecule has 0 radical (unpaired) electrons. The normalized spacial score (nSPS) is 22.9. The molecule has 2 heterocycles. The molecule has 0 amide bonds. The van der Waals surface area contributed by atoms with E-state index >= 15 is 0 Å². The van der Waals surface area contributed by atoms with E-state index in [-0.39, 0.29) is 6.10 Å². The van der Waals surface area contributed by atoms with Crippen LogP contribution in [0.1, 0.15) is 19.7 Å². The lowest BCUT2D eigenvalue weighted by atomic mass is 10.1. The minimum Gasteiger partial charge on any atom is -0.390 e. The van der Waals surface area contributed by atoms with Crippen LogP contribution in [-0.4, -0.2) is 63.7 Å². The van der Waals surface area contributed by atoms with Crippen LogP contribution in [0.2, 0.25) is 0 Å². The van der Waals surface area contributed by atoms with Gasteiger partial charge in [0.2, 0.25) is 0 Å². The van der Waals surface area contributed by atoms with Gasteiger partial charge in [-0.05, 0) is 13.0 Å². The first-order valence-electron chi connectivity index (χ1n) is 6.91. The quantitative estimate of drug-likeness (QED) is 0.824. The molecule has 0 aromatic carbocycles. The number of morpholine rings is 1. The molecule has 0 bridgehead atoms. The predicted molar refractivity (Wildman–Crippen MR) is 71.8 cm³/mol. The van der Waals surface area contributed by atoms with Crippen molar-refractivity contribution in [1.29, 1.82) is 0 Å². The standard InChI is InChI=1S/C13H24N4O2/c1-10(2)7-17-13(14-9-15-17)6-11(18)12-8-16(3)4-5-19-12/h9-12,18H,4-8H2,1-3H3. The van der Waals surface area contributed by atoms with Crippen molar-refractivity contribution in [2.24, 2.45) is 5.92 Å². The van der Waals surface area contributed by atoms with Crippen LogP contribution in [0.3, 0.4) is 0 Å². The van der Waals surface area contributed by atoms with Crippen LogP contribution in [0.25, 0.3) is 0 Å². The Labute approximate surface area is 114 Å². The molecule has 1 aliphatic rings. The van der Waals surface area contributed by atoms with Gasteiger partial charge >= 0.3 is 0 Å². The first-order chi connectivity index (χ1) is 9.06. The molecular weight excluding hydrogens is 244 g/mol. The maximum atomic E-state index is 10.3. The average molecular weight is 268 g/mol. The van der Waals surface area contributed by atoms with E-state index in [2.05, 4.69) is 28.8 Å². The second-order valence-electron chi connectivity index (χ2n) is 5.70. The Morgan fingerprint density at radius 1 is 1.53 bits per heavy atom. The molecule has 1 aliphatic heterocycles. The molecule has 19 heavy (non-hydrogen) atoms. The zero-order chi connectivity index (χ0) is 13.8. The van der Waals surface area contributed by atoms with E-state index in [1.807, 2.05) is 11.7 Å². The molecule has 2 rings (SSSR count). The van der Waals surface area contributed by atoms with E-state index in [4.69, 9.17) is 4.74 Å². The summed E-state index contributed by atoms with van der Waals surface area (Å²) in [5.74, 6) is 1.34. The topological polar surface area (TPSA) is 63.4 Å². The smallest absolute Gasteiger partial charge is 0.138 e. The SMILES string of the molecule is CC(C)Cn1ncnc1CC(O)C1CN(C)CCO1. The van der Waals surface area contributed by atoms with Gasteiger partial charge in [0.25, 0.3) is 0 Å². The molecule has 1 N–H and O–H groups in total. The summed E-state index contributed by atoms with van der Waals surface area (Å²) in [6.07, 6.45) is 1.38. The Hall–Kier alpha value is -0.980.